The number of halogens is 3. The Kier molecular flexibility index (Phi) is 5.65. The lowest BCUT2D eigenvalue weighted by atomic mass is 10.1. The molecule has 0 aliphatic rings. The number of ether oxygens (including phenoxy) is 1. The second kappa shape index (κ2) is 8.13. The van der Waals surface area contributed by atoms with Gasteiger partial charge in [-0.2, -0.15) is 0 Å². The first-order valence-electron chi connectivity index (χ1n) is 7.93. The molecule has 0 aliphatic heterocycles. The summed E-state index contributed by atoms with van der Waals surface area (Å²) >= 11 is 1.27. The maximum absolute atomic E-state index is 12.5. The van der Waals surface area contributed by atoms with E-state index in [0.29, 0.717) is 10.6 Å². The lowest BCUT2D eigenvalue weighted by Crippen LogP contribution is -2.19. The fourth-order valence-corrected chi connectivity index (χ4v) is 2.94. The van der Waals surface area contributed by atoms with Gasteiger partial charge in [-0.15, -0.1) is 24.5 Å². The molecule has 0 radical (unpaired) electrons. The quantitative estimate of drug-likeness (QED) is 0.616. The van der Waals surface area contributed by atoms with E-state index >= 15 is 0 Å². The molecule has 0 fully saturated rings. The third-order valence-corrected chi connectivity index (χ3v) is 4.36. The molecule has 9 heteroatoms. The molecule has 2 N–H and O–H groups in total. The van der Waals surface area contributed by atoms with Crippen LogP contribution in [0.4, 0.5) is 24.5 Å². The van der Waals surface area contributed by atoms with Gasteiger partial charge in [0.1, 0.15) is 0 Å². The lowest BCUT2D eigenvalue weighted by molar-refractivity contribution is -0.274. The Balaban J connectivity index is 1.74. The highest BCUT2D eigenvalue weighted by molar-refractivity contribution is 7.12. The number of para-hydroxylation sites is 2. The summed E-state index contributed by atoms with van der Waals surface area (Å²) in [5, 5.41) is 6.81. The molecular formula is C19H13F3N2O3S. The molecule has 2 amide bonds. The fourth-order valence-electron chi connectivity index (χ4n) is 2.32. The van der Waals surface area contributed by atoms with Crippen LogP contribution < -0.4 is 15.4 Å². The van der Waals surface area contributed by atoms with Crippen LogP contribution in [0.3, 0.4) is 0 Å². The Morgan fingerprint density at radius 3 is 2.39 bits per heavy atom. The first-order chi connectivity index (χ1) is 13.3. The largest absolute Gasteiger partial charge is 0.573 e. The zero-order chi connectivity index (χ0) is 20.1. The normalized spacial score (nSPS) is 11.0. The van der Waals surface area contributed by atoms with Crippen molar-refractivity contribution < 1.29 is 27.5 Å². The zero-order valence-electron chi connectivity index (χ0n) is 14.1. The molecule has 0 aliphatic carbocycles. The summed E-state index contributed by atoms with van der Waals surface area (Å²) in [7, 11) is 0. The monoisotopic (exact) mass is 406 g/mol. The van der Waals surface area contributed by atoms with Gasteiger partial charge >= 0.3 is 6.36 Å². The maximum atomic E-state index is 12.5. The highest BCUT2D eigenvalue weighted by atomic mass is 32.1. The second-order valence-electron chi connectivity index (χ2n) is 5.51. The van der Waals surface area contributed by atoms with Gasteiger partial charge in [0, 0.05) is 11.3 Å². The molecule has 3 aromatic rings. The number of benzene rings is 2. The minimum atomic E-state index is -4.88. The number of hydrogen-bond acceptors (Lipinski definition) is 4. The van der Waals surface area contributed by atoms with Crippen molar-refractivity contribution in [2.24, 2.45) is 0 Å². The van der Waals surface area contributed by atoms with E-state index < -0.39 is 18.0 Å². The molecule has 1 heterocycles. The highest BCUT2D eigenvalue weighted by Crippen LogP contribution is 2.30. The molecule has 0 unspecified atom stereocenters. The van der Waals surface area contributed by atoms with E-state index in [-0.39, 0.29) is 17.2 Å². The molecule has 0 bridgehead atoms. The van der Waals surface area contributed by atoms with Crippen LogP contribution in [0.25, 0.3) is 0 Å². The van der Waals surface area contributed by atoms with E-state index in [1.54, 1.807) is 29.6 Å². The van der Waals surface area contributed by atoms with Crippen LogP contribution in [0.15, 0.2) is 66.0 Å². The molecule has 0 atom stereocenters. The summed E-state index contributed by atoms with van der Waals surface area (Å²) in [4.78, 5) is 25.0. The van der Waals surface area contributed by atoms with Crippen LogP contribution in [0.5, 0.6) is 5.75 Å². The molecule has 144 valence electrons. The molecular weight excluding hydrogens is 393 g/mol. The van der Waals surface area contributed by atoms with E-state index in [2.05, 4.69) is 15.4 Å². The topological polar surface area (TPSA) is 67.4 Å². The first kappa shape index (κ1) is 19.4. The zero-order valence-corrected chi connectivity index (χ0v) is 14.9. The molecule has 28 heavy (non-hydrogen) atoms. The number of thiophene rings is 1. The van der Waals surface area contributed by atoms with E-state index in [1.165, 1.54) is 41.7 Å². The van der Waals surface area contributed by atoms with Gasteiger partial charge < -0.3 is 15.4 Å². The third-order valence-electron chi connectivity index (χ3n) is 3.49. The molecule has 0 saturated heterocycles. The maximum Gasteiger partial charge on any atom is 0.573 e. The van der Waals surface area contributed by atoms with Crippen LogP contribution in [-0.4, -0.2) is 18.2 Å². The molecule has 5 nitrogen and oxygen atoms in total. The SMILES string of the molecule is O=C(Nc1ccccc1OC(F)(F)F)c1cccc(NC(=O)c2cccs2)c1. The number of amides is 2. The lowest BCUT2D eigenvalue weighted by Gasteiger charge is -2.14. The van der Waals surface area contributed by atoms with Gasteiger partial charge in [0.15, 0.2) is 5.75 Å². The van der Waals surface area contributed by atoms with E-state index in [1.807, 2.05) is 0 Å². The summed E-state index contributed by atoms with van der Waals surface area (Å²) in [5.74, 6) is -1.49. The van der Waals surface area contributed by atoms with Gasteiger partial charge in [-0.25, -0.2) is 0 Å². The number of anilines is 2. The minimum absolute atomic E-state index is 0.127. The van der Waals surface area contributed by atoms with Crippen molar-refractivity contribution in [3.05, 3.63) is 76.5 Å². The van der Waals surface area contributed by atoms with Gasteiger partial charge in [-0.05, 0) is 41.8 Å². The Morgan fingerprint density at radius 2 is 1.68 bits per heavy atom. The van der Waals surface area contributed by atoms with Crippen molar-refractivity contribution in [1.29, 1.82) is 0 Å². The molecule has 0 spiro atoms. The number of carbonyl (C=O) groups excluding carboxylic acids is 2. The minimum Gasteiger partial charge on any atom is -0.404 e. The average molecular weight is 406 g/mol. The summed E-state index contributed by atoms with van der Waals surface area (Å²) in [6, 6.07) is 14.7. The Labute approximate surface area is 161 Å². The number of alkyl halides is 3. The van der Waals surface area contributed by atoms with Gasteiger partial charge in [-0.3, -0.25) is 9.59 Å². The van der Waals surface area contributed by atoms with Crippen LogP contribution in [-0.2, 0) is 0 Å². The molecule has 1 aromatic heterocycles. The van der Waals surface area contributed by atoms with Gasteiger partial charge in [-0.1, -0.05) is 24.3 Å². The van der Waals surface area contributed by atoms with Crippen molar-refractivity contribution in [2.45, 2.75) is 6.36 Å². The van der Waals surface area contributed by atoms with Crippen molar-refractivity contribution >= 4 is 34.5 Å². The number of nitrogens with one attached hydrogen (secondary N) is 2. The van der Waals surface area contributed by atoms with Crippen LogP contribution in [0.2, 0.25) is 0 Å². The smallest absolute Gasteiger partial charge is 0.404 e. The average Bonchev–Trinajstić information content (AvgIpc) is 3.17. The molecule has 2 aromatic carbocycles. The van der Waals surface area contributed by atoms with Crippen LogP contribution in [0, 0.1) is 0 Å². The predicted molar refractivity (Wildman–Crippen MR) is 99.8 cm³/mol. The second-order valence-corrected chi connectivity index (χ2v) is 6.46. The van der Waals surface area contributed by atoms with Crippen LogP contribution in [0.1, 0.15) is 20.0 Å². The van der Waals surface area contributed by atoms with Gasteiger partial charge in [0.2, 0.25) is 0 Å². The Morgan fingerprint density at radius 1 is 0.893 bits per heavy atom. The Hall–Kier alpha value is -3.33. The highest BCUT2D eigenvalue weighted by Gasteiger charge is 2.32. The van der Waals surface area contributed by atoms with Gasteiger partial charge in [0.05, 0.1) is 10.6 Å². The van der Waals surface area contributed by atoms with Crippen molar-refractivity contribution in [2.75, 3.05) is 10.6 Å². The first-order valence-corrected chi connectivity index (χ1v) is 8.81. The van der Waals surface area contributed by atoms with Crippen molar-refractivity contribution in [3.63, 3.8) is 0 Å². The summed E-state index contributed by atoms with van der Waals surface area (Å²) in [6.07, 6.45) is -4.88. The molecule has 0 saturated carbocycles. The summed E-state index contributed by atoms with van der Waals surface area (Å²) in [6.45, 7) is 0. The number of rotatable bonds is 5. The van der Waals surface area contributed by atoms with E-state index in [4.69, 9.17) is 0 Å². The fraction of sp³-hybridized carbons (Fsp3) is 0.0526. The van der Waals surface area contributed by atoms with Crippen molar-refractivity contribution in [1.82, 2.24) is 0 Å². The Bertz CT molecular complexity index is 988. The number of hydrogen-bond donors (Lipinski definition) is 2. The van der Waals surface area contributed by atoms with Gasteiger partial charge in [0.25, 0.3) is 11.8 Å². The third kappa shape index (κ3) is 5.10. The van der Waals surface area contributed by atoms with Crippen LogP contribution >= 0.6 is 11.3 Å². The van der Waals surface area contributed by atoms with E-state index in [0.717, 1.165) is 6.07 Å². The number of carbonyl (C=O) groups is 2. The summed E-state index contributed by atoms with van der Waals surface area (Å²) in [5.41, 5.74) is 0.412. The summed E-state index contributed by atoms with van der Waals surface area (Å²) < 4.78 is 41.4. The molecule has 3 rings (SSSR count). The standard InChI is InChI=1S/C19H13F3N2O3S/c20-19(21,22)27-15-8-2-1-7-14(15)24-17(25)12-5-3-6-13(11-12)23-18(26)16-9-4-10-28-16/h1-11H,(H,23,26)(H,24,25). The van der Waals surface area contributed by atoms with E-state index in [9.17, 15) is 22.8 Å². The van der Waals surface area contributed by atoms with Crippen molar-refractivity contribution in [3.8, 4) is 5.75 Å². The predicted octanol–water partition coefficient (Wildman–Crippen LogP) is 5.15.